The summed E-state index contributed by atoms with van der Waals surface area (Å²) in [6, 6.07) is 12.0. The first kappa shape index (κ1) is 17.2. The molecule has 1 amide bonds. The number of aromatic nitrogens is 1. The van der Waals surface area contributed by atoms with Crippen LogP contribution in [-0.4, -0.2) is 36.1 Å². The van der Waals surface area contributed by atoms with Crippen molar-refractivity contribution in [2.45, 2.75) is 0 Å². The van der Waals surface area contributed by atoms with Crippen LogP contribution in [0.1, 0.15) is 20.7 Å². The summed E-state index contributed by atoms with van der Waals surface area (Å²) >= 11 is 0. The van der Waals surface area contributed by atoms with E-state index in [2.05, 4.69) is 15.6 Å². The van der Waals surface area contributed by atoms with Crippen LogP contribution in [-0.2, 0) is 0 Å². The average molecular weight is 351 g/mol. The predicted molar refractivity (Wildman–Crippen MR) is 98.4 cm³/mol. The number of methoxy groups -OCH3 is 1. The monoisotopic (exact) mass is 351 g/mol. The number of nitrogens with one attached hydrogen (secondary N) is 2. The van der Waals surface area contributed by atoms with Crippen LogP contribution in [0.25, 0.3) is 10.9 Å². The maximum atomic E-state index is 11.9. The summed E-state index contributed by atoms with van der Waals surface area (Å²) in [5, 5.41) is 15.8. The van der Waals surface area contributed by atoms with E-state index in [4.69, 9.17) is 4.74 Å². The molecule has 0 fully saturated rings. The smallest absolute Gasteiger partial charge is 0.339 e. The van der Waals surface area contributed by atoms with E-state index < -0.39 is 5.97 Å². The van der Waals surface area contributed by atoms with Gasteiger partial charge in [-0.3, -0.25) is 9.78 Å². The minimum Gasteiger partial charge on any atom is -0.497 e. The van der Waals surface area contributed by atoms with Crippen molar-refractivity contribution in [2.75, 3.05) is 19.5 Å². The molecule has 0 aliphatic rings. The van der Waals surface area contributed by atoms with Crippen molar-refractivity contribution in [2.24, 2.45) is 0 Å². The van der Waals surface area contributed by atoms with Crippen LogP contribution in [0.15, 0.2) is 48.7 Å². The average Bonchev–Trinajstić information content (AvgIpc) is 2.67. The number of carbonyl (C=O) groups is 2. The van der Waals surface area contributed by atoms with E-state index in [9.17, 15) is 14.7 Å². The second-order valence-corrected chi connectivity index (χ2v) is 5.52. The highest BCUT2D eigenvalue weighted by Crippen LogP contribution is 2.30. The molecule has 3 aromatic rings. The summed E-state index contributed by atoms with van der Waals surface area (Å²) < 4.78 is 5.13. The fourth-order valence-electron chi connectivity index (χ4n) is 2.59. The molecule has 3 N–H and O–H groups in total. The third-order valence-electron chi connectivity index (χ3n) is 3.95. The molecule has 0 spiro atoms. The number of anilines is 2. The molecule has 0 aliphatic carbocycles. The molecule has 2 aromatic carbocycles. The lowest BCUT2D eigenvalue weighted by molar-refractivity contribution is 0.0697. The van der Waals surface area contributed by atoms with Gasteiger partial charge in [-0.05, 0) is 42.5 Å². The van der Waals surface area contributed by atoms with Crippen molar-refractivity contribution in [3.05, 3.63) is 59.8 Å². The van der Waals surface area contributed by atoms with E-state index in [0.717, 1.165) is 0 Å². The fraction of sp³-hybridized carbons (Fsp3) is 0.105. The lowest BCUT2D eigenvalue weighted by Crippen LogP contribution is -2.17. The Kier molecular flexibility index (Phi) is 4.70. The molecule has 0 radical (unpaired) electrons. The summed E-state index contributed by atoms with van der Waals surface area (Å²) in [7, 11) is 3.11. The third-order valence-corrected chi connectivity index (χ3v) is 3.95. The fourth-order valence-corrected chi connectivity index (χ4v) is 2.59. The number of fused-ring (bicyclic) bond motifs is 1. The van der Waals surface area contributed by atoms with E-state index >= 15 is 0 Å². The van der Waals surface area contributed by atoms with Crippen LogP contribution in [0.3, 0.4) is 0 Å². The number of carboxylic acid groups (broad SMARTS) is 1. The Labute approximate surface area is 149 Å². The first-order valence-corrected chi connectivity index (χ1v) is 7.82. The van der Waals surface area contributed by atoms with Gasteiger partial charge in [0.15, 0.2) is 0 Å². The minimum absolute atomic E-state index is 0.0161. The molecule has 0 aliphatic heterocycles. The Hall–Kier alpha value is -3.61. The first-order valence-electron chi connectivity index (χ1n) is 7.82. The molecule has 7 nitrogen and oxygen atoms in total. The molecule has 3 rings (SSSR count). The van der Waals surface area contributed by atoms with Crippen molar-refractivity contribution in [1.82, 2.24) is 10.3 Å². The molecule has 0 atom stereocenters. The van der Waals surface area contributed by atoms with Gasteiger partial charge < -0.3 is 20.5 Å². The van der Waals surface area contributed by atoms with Crippen molar-refractivity contribution in [3.8, 4) is 5.75 Å². The second-order valence-electron chi connectivity index (χ2n) is 5.52. The minimum atomic E-state index is -1.11. The Morgan fingerprint density at radius 2 is 1.85 bits per heavy atom. The SMILES string of the molecule is CNC(=O)c1ccc2ncc(C(=O)O)c(Nc3ccc(OC)cc3)c2c1. The number of nitrogens with zero attached hydrogens (tertiary/aromatic N) is 1. The molecule has 0 saturated heterocycles. The molecule has 26 heavy (non-hydrogen) atoms. The molecule has 1 heterocycles. The Balaban J connectivity index is 2.16. The topological polar surface area (TPSA) is 101 Å². The molecule has 132 valence electrons. The number of hydrogen-bond donors (Lipinski definition) is 3. The van der Waals surface area contributed by atoms with Crippen LogP contribution in [0.2, 0.25) is 0 Å². The van der Waals surface area contributed by atoms with E-state index in [1.54, 1.807) is 49.6 Å². The zero-order chi connectivity index (χ0) is 18.7. The Morgan fingerprint density at radius 1 is 1.12 bits per heavy atom. The van der Waals surface area contributed by atoms with Gasteiger partial charge in [-0.1, -0.05) is 0 Å². The number of ether oxygens (including phenoxy) is 1. The number of pyridine rings is 1. The number of carbonyl (C=O) groups excluding carboxylic acids is 1. The summed E-state index contributed by atoms with van der Waals surface area (Å²) in [6.45, 7) is 0. The first-order chi connectivity index (χ1) is 12.5. The lowest BCUT2D eigenvalue weighted by atomic mass is 10.1. The van der Waals surface area contributed by atoms with Crippen molar-refractivity contribution in [3.63, 3.8) is 0 Å². The van der Waals surface area contributed by atoms with Gasteiger partial charge >= 0.3 is 5.97 Å². The number of benzene rings is 2. The van der Waals surface area contributed by atoms with Gasteiger partial charge in [-0.25, -0.2) is 4.79 Å². The van der Waals surface area contributed by atoms with Gasteiger partial charge in [-0.15, -0.1) is 0 Å². The summed E-state index contributed by atoms with van der Waals surface area (Å²) in [5.74, 6) is -0.681. The summed E-state index contributed by atoms with van der Waals surface area (Å²) in [6.07, 6.45) is 1.30. The van der Waals surface area contributed by atoms with E-state index in [1.807, 2.05) is 0 Å². The van der Waals surface area contributed by atoms with Gasteiger partial charge in [-0.2, -0.15) is 0 Å². The molecule has 1 aromatic heterocycles. The highest BCUT2D eigenvalue weighted by atomic mass is 16.5. The molecule has 0 bridgehead atoms. The van der Waals surface area contributed by atoms with E-state index in [-0.39, 0.29) is 11.5 Å². The largest absolute Gasteiger partial charge is 0.497 e. The summed E-state index contributed by atoms with van der Waals surface area (Å²) in [4.78, 5) is 27.8. The molecule has 7 heteroatoms. The normalized spacial score (nSPS) is 10.4. The molecular formula is C19H17N3O4. The second kappa shape index (κ2) is 7.10. The van der Waals surface area contributed by atoms with Gasteiger partial charge in [0.2, 0.25) is 0 Å². The molecule has 0 saturated carbocycles. The van der Waals surface area contributed by atoms with E-state index in [1.165, 1.54) is 13.2 Å². The quantitative estimate of drug-likeness (QED) is 0.653. The highest BCUT2D eigenvalue weighted by Gasteiger charge is 2.16. The molecular weight excluding hydrogens is 334 g/mol. The van der Waals surface area contributed by atoms with Gasteiger partial charge in [0.05, 0.1) is 18.3 Å². The van der Waals surface area contributed by atoms with Crippen molar-refractivity contribution >= 4 is 34.2 Å². The number of rotatable bonds is 5. The Bertz CT molecular complexity index is 984. The Morgan fingerprint density at radius 3 is 2.46 bits per heavy atom. The van der Waals surface area contributed by atoms with Crippen LogP contribution in [0, 0.1) is 0 Å². The zero-order valence-electron chi connectivity index (χ0n) is 14.2. The van der Waals surface area contributed by atoms with Crippen LogP contribution in [0.4, 0.5) is 11.4 Å². The zero-order valence-corrected chi connectivity index (χ0v) is 14.2. The standard InChI is InChI=1S/C19H17N3O4/c1-20-18(23)11-3-8-16-14(9-11)17(15(10-21-16)19(24)25)22-12-4-6-13(26-2)7-5-12/h3-10H,1-2H3,(H,20,23)(H,21,22)(H,24,25). The van der Waals surface area contributed by atoms with E-state index in [0.29, 0.717) is 33.6 Å². The van der Waals surface area contributed by atoms with Crippen molar-refractivity contribution in [1.29, 1.82) is 0 Å². The predicted octanol–water partition coefficient (Wildman–Crippen LogP) is 3.04. The van der Waals surface area contributed by atoms with Crippen molar-refractivity contribution < 1.29 is 19.4 Å². The van der Waals surface area contributed by atoms with Gasteiger partial charge in [0, 0.05) is 29.9 Å². The van der Waals surface area contributed by atoms with Crippen LogP contribution in [0.5, 0.6) is 5.75 Å². The van der Waals surface area contributed by atoms with Crippen LogP contribution >= 0.6 is 0 Å². The maximum Gasteiger partial charge on any atom is 0.339 e. The number of aromatic carboxylic acids is 1. The summed E-state index contributed by atoms with van der Waals surface area (Å²) in [5.41, 5.74) is 2.08. The van der Waals surface area contributed by atoms with Gasteiger partial charge in [0.25, 0.3) is 5.91 Å². The third kappa shape index (κ3) is 3.27. The maximum absolute atomic E-state index is 11.9. The number of amides is 1. The lowest BCUT2D eigenvalue weighted by Gasteiger charge is -2.14. The van der Waals surface area contributed by atoms with Gasteiger partial charge in [0.1, 0.15) is 11.3 Å². The number of carboxylic acids is 1. The highest BCUT2D eigenvalue weighted by molar-refractivity contribution is 6.07. The number of hydrogen-bond acceptors (Lipinski definition) is 5. The van der Waals surface area contributed by atoms with Crippen LogP contribution < -0.4 is 15.4 Å². The molecule has 0 unspecified atom stereocenters.